The van der Waals surface area contributed by atoms with Gasteiger partial charge in [-0.25, -0.2) is 4.98 Å². The van der Waals surface area contributed by atoms with Gasteiger partial charge in [0.25, 0.3) is 0 Å². The summed E-state index contributed by atoms with van der Waals surface area (Å²) in [5.74, 6) is 0.663. The van der Waals surface area contributed by atoms with Crippen molar-refractivity contribution in [3.63, 3.8) is 0 Å². The van der Waals surface area contributed by atoms with E-state index in [1.165, 1.54) is 0 Å². The molecule has 116 valence electrons. The number of amides is 1. The Labute approximate surface area is 131 Å². The second kappa shape index (κ2) is 8.12. The van der Waals surface area contributed by atoms with Crippen LogP contribution in [0.4, 0.5) is 11.5 Å². The van der Waals surface area contributed by atoms with Gasteiger partial charge in [0.15, 0.2) is 0 Å². The molecule has 0 aliphatic carbocycles. The normalized spacial score (nSPS) is 10.5. The van der Waals surface area contributed by atoms with Gasteiger partial charge in [0.1, 0.15) is 5.82 Å². The second-order valence-electron chi connectivity index (χ2n) is 5.11. The maximum atomic E-state index is 12.0. The van der Waals surface area contributed by atoms with Crippen LogP contribution in [0.15, 0.2) is 42.7 Å². The van der Waals surface area contributed by atoms with Gasteiger partial charge in [-0.3, -0.25) is 9.78 Å². The number of carbonyl (C=O) groups excluding carboxylic acids is 1. The summed E-state index contributed by atoms with van der Waals surface area (Å²) in [4.78, 5) is 20.5. The van der Waals surface area contributed by atoms with Gasteiger partial charge >= 0.3 is 0 Å². The standard InChI is InChI=1S/C17H22N4O/c1-3-13(4-2)17(22)21-16-9-8-15(12-20-16)19-11-14-7-5-6-10-18-14/h5-10,12-13,19H,3-4,11H2,1-2H3,(H,20,21,22). The SMILES string of the molecule is CCC(CC)C(=O)Nc1ccc(NCc2ccccn2)cn1. The third kappa shape index (κ3) is 4.55. The number of aromatic nitrogens is 2. The largest absolute Gasteiger partial charge is 0.378 e. The Hall–Kier alpha value is -2.43. The van der Waals surface area contributed by atoms with Crippen molar-refractivity contribution in [2.45, 2.75) is 33.2 Å². The van der Waals surface area contributed by atoms with Crippen molar-refractivity contribution >= 4 is 17.4 Å². The Balaban J connectivity index is 1.89. The van der Waals surface area contributed by atoms with E-state index in [0.29, 0.717) is 12.4 Å². The molecule has 0 aromatic carbocycles. The molecule has 5 heteroatoms. The number of anilines is 2. The monoisotopic (exact) mass is 298 g/mol. The van der Waals surface area contributed by atoms with Crippen LogP contribution in [0.2, 0.25) is 0 Å². The van der Waals surface area contributed by atoms with E-state index in [-0.39, 0.29) is 11.8 Å². The lowest BCUT2D eigenvalue weighted by atomic mass is 10.0. The lowest BCUT2D eigenvalue weighted by Gasteiger charge is -2.12. The summed E-state index contributed by atoms with van der Waals surface area (Å²) in [6.07, 6.45) is 5.16. The lowest BCUT2D eigenvalue weighted by Crippen LogP contribution is -2.22. The molecule has 0 atom stereocenters. The summed E-state index contributed by atoms with van der Waals surface area (Å²) in [5.41, 5.74) is 1.86. The van der Waals surface area contributed by atoms with E-state index in [1.807, 2.05) is 38.1 Å². The molecular formula is C17H22N4O. The van der Waals surface area contributed by atoms with E-state index in [1.54, 1.807) is 18.5 Å². The van der Waals surface area contributed by atoms with Crippen LogP contribution in [0.3, 0.4) is 0 Å². The Kier molecular flexibility index (Phi) is 5.89. The fourth-order valence-corrected chi connectivity index (χ4v) is 2.16. The number of nitrogens with one attached hydrogen (secondary N) is 2. The fraction of sp³-hybridized carbons (Fsp3) is 0.353. The van der Waals surface area contributed by atoms with Crippen LogP contribution in [-0.4, -0.2) is 15.9 Å². The molecule has 2 aromatic rings. The molecule has 0 bridgehead atoms. The van der Waals surface area contributed by atoms with Gasteiger partial charge in [-0.05, 0) is 37.1 Å². The average molecular weight is 298 g/mol. The van der Waals surface area contributed by atoms with Crippen LogP contribution in [0.25, 0.3) is 0 Å². The quantitative estimate of drug-likeness (QED) is 0.821. The first-order valence-corrected chi connectivity index (χ1v) is 7.63. The van der Waals surface area contributed by atoms with Crippen LogP contribution in [0.1, 0.15) is 32.4 Å². The molecule has 0 unspecified atom stereocenters. The number of rotatable bonds is 7. The zero-order chi connectivity index (χ0) is 15.8. The van der Waals surface area contributed by atoms with Gasteiger partial charge in [-0.1, -0.05) is 19.9 Å². The molecule has 0 aliphatic heterocycles. The summed E-state index contributed by atoms with van der Waals surface area (Å²) in [7, 11) is 0. The molecule has 0 aliphatic rings. The predicted molar refractivity (Wildman–Crippen MR) is 88.5 cm³/mol. The number of hydrogen-bond acceptors (Lipinski definition) is 4. The van der Waals surface area contributed by atoms with Crippen LogP contribution in [-0.2, 0) is 11.3 Å². The number of hydrogen-bond donors (Lipinski definition) is 2. The van der Waals surface area contributed by atoms with Crippen molar-refractivity contribution in [3.8, 4) is 0 Å². The van der Waals surface area contributed by atoms with E-state index in [4.69, 9.17) is 0 Å². The van der Waals surface area contributed by atoms with Gasteiger partial charge in [0.2, 0.25) is 5.91 Å². The van der Waals surface area contributed by atoms with Gasteiger partial charge in [-0.2, -0.15) is 0 Å². The van der Waals surface area contributed by atoms with E-state index < -0.39 is 0 Å². The number of carbonyl (C=O) groups is 1. The molecule has 0 radical (unpaired) electrons. The van der Waals surface area contributed by atoms with Gasteiger partial charge < -0.3 is 10.6 Å². The Morgan fingerprint density at radius 2 is 1.95 bits per heavy atom. The molecule has 0 saturated heterocycles. The first kappa shape index (κ1) is 15.9. The lowest BCUT2D eigenvalue weighted by molar-refractivity contribution is -0.120. The van der Waals surface area contributed by atoms with E-state index in [9.17, 15) is 4.79 Å². The summed E-state index contributed by atoms with van der Waals surface area (Å²) in [5, 5.41) is 6.10. The number of nitrogens with zero attached hydrogens (tertiary/aromatic N) is 2. The Morgan fingerprint density at radius 3 is 2.55 bits per heavy atom. The van der Waals surface area contributed by atoms with Crippen molar-refractivity contribution in [3.05, 3.63) is 48.4 Å². The number of pyridine rings is 2. The zero-order valence-corrected chi connectivity index (χ0v) is 13.0. The topological polar surface area (TPSA) is 66.9 Å². The summed E-state index contributed by atoms with van der Waals surface area (Å²) < 4.78 is 0. The summed E-state index contributed by atoms with van der Waals surface area (Å²) in [6, 6.07) is 9.52. The molecule has 2 N–H and O–H groups in total. The van der Waals surface area contributed by atoms with Crippen LogP contribution < -0.4 is 10.6 Å². The molecular weight excluding hydrogens is 276 g/mol. The molecule has 22 heavy (non-hydrogen) atoms. The third-order valence-electron chi connectivity index (χ3n) is 3.57. The van der Waals surface area contributed by atoms with Crippen molar-refractivity contribution < 1.29 is 4.79 Å². The van der Waals surface area contributed by atoms with Crippen LogP contribution >= 0.6 is 0 Å². The molecule has 0 saturated carbocycles. The van der Waals surface area contributed by atoms with Crippen molar-refractivity contribution in [1.82, 2.24) is 9.97 Å². The Bertz CT molecular complexity index is 579. The van der Waals surface area contributed by atoms with E-state index in [2.05, 4.69) is 20.6 Å². The molecule has 2 heterocycles. The van der Waals surface area contributed by atoms with Gasteiger partial charge in [0, 0.05) is 12.1 Å². The molecule has 1 amide bonds. The predicted octanol–water partition coefficient (Wildman–Crippen LogP) is 3.46. The molecule has 2 aromatic heterocycles. The third-order valence-corrected chi connectivity index (χ3v) is 3.57. The maximum absolute atomic E-state index is 12.0. The molecule has 5 nitrogen and oxygen atoms in total. The minimum Gasteiger partial charge on any atom is -0.378 e. The zero-order valence-electron chi connectivity index (χ0n) is 13.0. The summed E-state index contributed by atoms with van der Waals surface area (Å²) in [6.45, 7) is 4.68. The van der Waals surface area contributed by atoms with Crippen LogP contribution in [0, 0.1) is 5.92 Å². The highest BCUT2D eigenvalue weighted by Gasteiger charge is 2.14. The highest BCUT2D eigenvalue weighted by Crippen LogP contribution is 2.14. The molecule has 0 spiro atoms. The highest BCUT2D eigenvalue weighted by atomic mass is 16.1. The summed E-state index contributed by atoms with van der Waals surface area (Å²) >= 11 is 0. The van der Waals surface area contributed by atoms with Crippen molar-refractivity contribution in [2.24, 2.45) is 5.92 Å². The minimum atomic E-state index is 0.0340. The highest BCUT2D eigenvalue weighted by molar-refractivity contribution is 5.91. The van der Waals surface area contributed by atoms with Crippen molar-refractivity contribution in [1.29, 1.82) is 0 Å². The fourth-order valence-electron chi connectivity index (χ4n) is 2.16. The first-order chi connectivity index (χ1) is 10.7. The molecule has 0 fully saturated rings. The van der Waals surface area contributed by atoms with E-state index in [0.717, 1.165) is 24.2 Å². The minimum absolute atomic E-state index is 0.0340. The van der Waals surface area contributed by atoms with Crippen molar-refractivity contribution in [2.75, 3.05) is 10.6 Å². The van der Waals surface area contributed by atoms with E-state index >= 15 is 0 Å². The maximum Gasteiger partial charge on any atom is 0.228 e. The Morgan fingerprint density at radius 1 is 1.14 bits per heavy atom. The smallest absolute Gasteiger partial charge is 0.228 e. The van der Waals surface area contributed by atoms with Gasteiger partial charge in [-0.15, -0.1) is 0 Å². The van der Waals surface area contributed by atoms with Gasteiger partial charge in [0.05, 0.1) is 24.1 Å². The second-order valence-corrected chi connectivity index (χ2v) is 5.11. The molecule has 2 rings (SSSR count). The first-order valence-electron chi connectivity index (χ1n) is 7.63. The van der Waals surface area contributed by atoms with Crippen LogP contribution in [0.5, 0.6) is 0 Å². The average Bonchev–Trinajstić information content (AvgIpc) is 2.56.